The Morgan fingerprint density at radius 1 is 1.09 bits per heavy atom. The quantitative estimate of drug-likeness (QED) is 0.814. The van der Waals surface area contributed by atoms with Gasteiger partial charge in [0, 0.05) is 0 Å². The van der Waals surface area contributed by atoms with Crippen molar-refractivity contribution in [3.63, 3.8) is 0 Å². The summed E-state index contributed by atoms with van der Waals surface area (Å²) in [5, 5.41) is 0. The molecule has 5 heteroatoms. The summed E-state index contributed by atoms with van der Waals surface area (Å²) in [6.07, 6.45) is 0.237. The molecule has 0 aliphatic carbocycles. The van der Waals surface area contributed by atoms with Gasteiger partial charge in [0.05, 0.1) is 18.7 Å². The molecule has 2 aromatic rings. The van der Waals surface area contributed by atoms with Gasteiger partial charge in [0.2, 0.25) is 5.91 Å². The molecule has 0 saturated carbocycles. The van der Waals surface area contributed by atoms with Crippen molar-refractivity contribution in [2.45, 2.75) is 13.0 Å². The van der Waals surface area contributed by atoms with E-state index in [-0.39, 0.29) is 25.5 Å². The van der Waals surface area contributed by atoms with Crippen LogP contribution in [0.4, 0.5) is 5.69 Å². The molecule has 5 nitrogen and oxygen atoms in total. The van der Waals surface area contributed by atoms with E-state index in [2.05, 4.69) is 0 Å². The average molecular weight is 311 g/mol. The molecule has 0 aromatic heterocycles. The predicted molar refractivity (Wildman–Crippen MR) is 85.1 cm³/mol. The Balaban J connectivity index is 1.68. The number of esters is 1. The smallest absolute Gasteiger partial charge is 0.326 e. The van der Waals surface area contributed by atoms with Crippen LogP contribution in [-0.2, 0) is 20.9 Å². The predicted octanol–water partition coefficient (Wildman–Crippen LogP) is 2.55. The van der Waals surface area contributed by atoms with Crippen molar-refractivity contribution in [2.24, 2.45) is 0 Å². The van der Waals surface area contributed by atoms with Crippen molar-refractivity contribution in [3.05, 3.63) is 60.2 Å². The minimum atomic E-state index is -0.445. The molecule has 0 spiro atoms. The van der Waals surface area contributed by atoms with E-state index in [1.54, 1.807) is 12.1 Å². The van der Waals surface area contributed by atoms with Crippen LogP contribution in [0.3, 0.4) is 0 Å². The van der Waals surface area contributed by atoms with Crippen LogP contribution in [0, 0.1) is 0 Å². The molecule has 0 N–H and O–H groups in total. The lowest BCUT2D eigenvalue weighted by Gasteiger charge is -2.20. The summed E-state index contributed by atoms with van der Waals surface area (Å²) in [4.78, 5) is 25.7. The number of benzene rings is 2. The Bertz CT molecular complexity index is 699. The topological polar surface area (TPSA) is 55.8 Å². The van der Waals surface area contributed by atoms with E-state index in [1.165, 1.54) is 4.90 Å². The molecule has 118 valence electrons. The number of anilines is 1. The average Bonchev–Trinajstić information content (AvgIpc) is 2.74. The van der Waals surface area contributed by atoms with E-state index in [0.717, 1.165) is 5.56 Å². The number of nitrogens with zero attached hydrogens (tertiary/aromatic N) is 1. The van der Waals surface area contributed by atoms with Crippen molar-refractivity contribution in [1.82, 2.24) is 0 Å². The summed E-state index contributed by atoms with van der Waals surface area (Å²) < 4.78 is 10.8. The molecule has 3 rings (SSSR count). The molecule has 2 aromatic carbocycles. The molecule has 1 aliphatic rings. The van der Waals surface area contributed by atoms with Gasteiger partial charge in [0.1, 0.15) is 18.9 Å². The summed E-state index contributed by atoms with van der Waals surface area (Å²) >= 11 is 0. The van der Waals surface area contributed by atoms with Crippen LogP contribution in [0.25, 0.3) is 0 Å². The van der Waals surface area contributed by atoms with Crippen molar-refractivity contribution < 1.29 is 19.1 Å². The molecular formula is C18H17NO4. The third-order valence-electron chi connectivity index (χ3n) is 3.56. The van der Waals surface area contributed by atoms with Crippen LogP contribution in [0.15, 0.2) is 54.6 Å². The monoisotopic (exact) mass is 311 g/mol. The van der Waals surface area contributed by atoms with Crippen LogP contribution in [0.5, 0.6) is 5.75 Å². The van der Waals surface area contributed by atoms with Crippen molar-refractivity contribution in [2.75, 3.05) is 18.1 Å². The second kappa shape index (κ2) is 6.96. The normalized spacial score (nSPS) is 13.7. The van der Waals surface area contributed by atoms with Gasteiger partial charge >= 0.3 is 5.97 Å². The van der Waals surface area contributed by atoms with Gasteiger partial charge in [-0.3, -0.25) is 14.5 Å². The molecule has 1 aliphatic heterocycles. The molecule has 1 heterocycles. The van der Waals surface area contributed by atoms with Crippen LogP contribution in [0.1, 0.15) is 12.0 Å². The number of hydrogen-bond acceptors (Lipinski definition) is 4. The van der Waals surface area contributed by atoms with E-state index in [1.807, 2.05) is 42.5 Å². The molecule has 0 radical (unpaired) electrons. The molecule has 0 atom stereocenters. The first kappa shape index (κ1) is 15.1. The fraction of sp³-hybridized carbons (Fsp3) is 0.222. The second-order valence-electron chi connectivity index (χ2n) is 5.19. The third kappa shape index (κ3) is 3.69. The highest BCUT2D eigenvalue weighted by molar-refractivity contribution is 5.99. The zero-order valence-electron chi connectivity index (χ0n) is 12.6. The first-order valence-electron chi connectivity index (χ1n) is 7.46. The number of ether oxygens (including phenoxy) is 2. The van der Waals surface area contributed by atoms with Gasteiger partial charge in [-0.2, -0.15) is 0 Å². The summed E-state index contributed by atoms with van der Waals surface area (Å²) in [7, 11) is 0. The van der Waals surface area contributed by atoms with Gasteiger partial charge in [0.15, 0.2) is 0 Å². The van der Waals surface area contributed by atoms with E-state index in [0.29, 0.717) is 18.0 Å². The summed E-state index contributed by atoms with van der Waals surface area (Å²) in [5.41, 5.74) is 1.51. The van der Waals surface area contributed by atoms with Crippen LogP contribution in [0.2, 0.25) is 0 Å². The Morgan fingerprint density at radius 2 is 1.83 bits per heavy atom. The van der Waals surface area contributed by atoms with E-state index in [9.17, 15) is 9.59 Å². The van der Waals surface area contributed by atoms with Gasteiger partial charge in [-0.05, 0) is 17.7 Å². The number of fused-ring (bicyclic) bond motifs is 1. The molecule has 0 fully saturated rings. The standard InChI is InChI=1S/C18H17NO4/c20-17-10-11-22-16-9-5-4-8-15(16)19(17)12-18(21)23-13-14-6-2-1-3-7-14/h1-9H,10-13H2. The van der Waals surface area contributed by atoms with Gasteiger partial charge in [-0.25, -0.2) is 0 Å². The highest BCUT2D eigenvalue weighted by atomic mass is 16.5. The minimum Gasteiger partial charge on any atom is -0.491 e. The Morgan fingerprint density at radius 3 is 2.65 bits per heavy atom. The number of amides is 1. The molecular weight excluding hydrogens is 294 g/mol. The van der Waals surface area contributed by atoms with E-state index in [4.69, 9.17) is 9.47 Å². The zero-order chi connectivity index (χ0) is 16.1. The van der Waals surface area contributed by atoms with E-state index < -0.39 is 5.97 Å². The Labute approximate surface area is 134 Å². The molecule has 0 bridgehead atoms. The van der Waals surface area contributed by atoms with Gasteiger partial charge in [-0.15, -0.1) is 0 Å². The van der Waals surface area contributed by atoms with Crippen molar-refractivity contribution in [1.29, 1.82) is 0 Å². The lowest BCUT2D eigenvalue weighted by atomic mass is 10.2. The number of para-hydroxylation sites is 2. The Hall–Kier alpha value is -2.82. The fourth-order valence-corrected chi connectivity index (χ4v) is 2.41. The van der Waals surface area contributed by atoms with E-state index >= 15 is 0 Å². The molecule has 23 heavy (non-hydrogen) atoms. The molecule has 1 amide bonds. The maximum Gasteiger partial charge on any atom is 0.326 e. The molecule has 0 unspecified atom stereocenters. The fourth-order valence-electron chi connectivity index (χ4n) is 2.41. The van der Waals surface area contributed by atoms with Gasteiger partial charge in [0.25, 0.3) is 0 Å². The maximum absolute atomic E-state index is 12.2. The first-order chi connectivity index (χ1) is 11.2. The highest BCUT2D eigenvalue weighted by Crippen LogP contribution is 2.30. The summed E-state index contributed by atoms with van der Waals surface area (Å²) in [5.74, 6) is 0.0136. The molecule has 0 saturated heterocycles. The SMILES string of the molecule is O=C(CN1C(=O)CCOc2ccccc21)OCc1ccccc1. The van der Waals surface area contributed by atoms with Gasteiger partial charge in [-0.1, -0.05) is 42.5 Å². The minimum absolute atomic E-state index is 0.119. The highest BCUT2D eigenvalue weighted by Gasteiger charge is 2.25. The van der Waals surface area contributed by atoms with Crippen molar-refractivity contribution >= 4 is 17.6 Å². The number of rotatable bonds is 4. The third-order valence-corrected chi connectivity index (χ3v) is 3.56. The second-order valence-corrected chi connectivity index (χ2v) is 5.19. The maximum atomic E-state index is 12.2. The summed E-state index contributed by atoms with van der Waals surface area (Å²) in [6.45, 7) is 0.386. The number of carbonyl (C=O) groups is 2. The zero-order valence-corrected chi connectivity index (χ0v) is 12.6. The lowest BCUT2D eigenvalue weighted by Crippen LogP contribution is -2.36. The van der Waals surface area contributed by atoms with Crippen molar-refractivity contribution in [3.8, 4) is 5.75 Å². The number of carbonyl (C=O) groups excluding carboxylic acids is 2. The van der Waals surface area contributed by atoms with Crippen LogP contribution in [-0.4, -0.2) is 25.0 Å². The number of hydrogen-bond donors (Lipinski definition) is 0. The lowest BCUT2D eigenvalue weighted by molar-refractivity contribution is -0.144. The summed E-state index contributed by atoms with van der Waals surface area (Å²) in [6, 6.07) is 16.6. The van der Waals surface area contributed by atoms with Crippen LogP contribution >= 0.6 is 0 Å². The van der Waals surface area contributed by atoms with Crippen LogP contribution < -0.4 is 9.64 Å². The Kier molecular flexibility index (Phi) is 4.57. The largest absolute Gasteiger partial charge is 0.491 e. The first-order valence-corrected chi connectivity index (χ1v) is 7.46. The van der Waals surface area contributed by atoms with Gasteiger partial charge < -0.3 is 9.47 Å².